The zero-order valence-electron chi connectivity index (χ0n) is 9.97. The number of rotatable bonds is 2. The summed E-state index contributed by atoms with van der Waals surface area (Å²) in [5.74, 6) is 0.455. The number of aromatic amines is 1. The molecule has 3 aromatic rings. The van der Waals surface area contributed by atoms with E-state index in [0.29, 0.717) is 5.82 Å². The monoisotopic (exact) mass is 314 g/mol. The van der Waals surface area contributed by atoms with Gasteiger partial charge in [-0.2, -0.15) is 5.10 Å². The van der Waals surface area contributed by atoms with Gasteiger partial charge in [0.1, 0.15) is 0 Å². The van der Waals surface area contributed by atoms with Gasteiger partial charge in [-0.3, -0.25) is 10.1 Å². The quantitative estimate of drug-likeness (QED) is 0.761. The molecule has 19 heavy (non-hydrogen) atoms. The van der Waals surface area contributed by atoms with Crippen molar-refractivity contribution in [2.24, 2.45) is 0 Å². The van der Waals surface area contributed by atoms with Gasteiger partial charge in [0.25, 0.3) is 0 Å². The minimum absolute atomic E-state index is 0.455. The summed E-state index contributed by atoms with van der Waals surface area (Å²) >= 11 is 3.42. The summed E-state index contributed by atoms with van der Waals surface area (Å²) in [6, 6.07) is 13.7. The number of halogens is 1. The molecule has 94 valence electrons. The van der Waals surface area contributed by atoms with E-state index in [1.807, 2.05) is 42.5 Å². The number of nitrogens with one attached hydrogen (secondary N) is 1. The number of benzene rings is 1. The molecule has 0 spiro atoms. The largest absolute Gasteiger partial charge is 0.382 e. The Balaban J connectivity index is 2.16. The molecule has 0 aliphatic heterocycles. The Hall–Kier alpha value is -2.14. The van der Waals surface area contributed by atoms with Crippen molar-refractivity contribution in [1.82, 2.24) is 15.2 Å². The summed E-state index contributed by atoms with van der Waals surface area (Å²) in [4.78, 5) is 4.34. The van der Waals surface area contributed by atoms with Crippen molar-refractivity contribution in [2.45, 2.75) is 0 Å². The minimum atomic E-state index is 0.455. The molecule has 0 amide bonds. The molecular weight excluding hydrogens is 304 g/mol. The maximum Gasteiger partial charge on any atom is 0.155 e. The lowest BCUT2D eigenvalue weighted by Crippen LogP contribution is -1.90. The average Bonchev–Trinajstić information content (AvgIpc) is 2.82. The molecule has 4 nitrogen and oxygen atoms in total. The minimum Gasteiger partial charge on any atom is -0.382 e. The van der Waals surface area contributed by atoms with Crippen LogP contribution in [-0.2, 0) is 0 Å². The third-order valence-electron chi connectivity index (χ3n) is 2.85. The Morgan fingerprint density at radius 1 is 1.05 bits per heavy atom. The molecule has 3 rings (SSSR count). The highest BCUT2D eigenvalue weighted by molar-refractivity contribution is 9.10. The Kier molecular flexibility index (Phi) is 3.05. The van der Waals surface area contributed by atoms with Gasteiger partial charge in [-0.15, -0.1) is 0 Å². The molecule has 0 aliphatic carbocycles. The normalized spacial score (nSPS) is 10.6. The first-order valence-electron chi connectivity index (χ1n) is 5.77. The van der Waals surface area contributed by atoms with E-state index in [-0.39, 0.29) is 0 Å². The van der Waals surface area contributed by atoms with Crippen LogP contribution in [0.25, 0.3) is 22.5 Å². The van der Waals surface area contributed by atoms with E-state index in [4.69, 9.17) is 5.73 Å². The van der Waals surface area contributed by atoms with Crippen LogP contribution >= 0.6 is 15.9 Å². The molecule has 0 bridgehead atoms. The van der Waals surface area contributed by atoms with E-state index in [1.165, 1.54) is 0 Å². The summed E-state index contributed by atoms with van der Waals surface area (Å²) in [5.41, 5.74) is 9.50. The molecule has 2 heterocycles. The van der Waals surface area contributed by atoms with E-state index in [9.17, 15) is 0 Å². The average molecular weight is 315 g/mol. The van der Waals surface area contributed by atoms with Crippen LogP contribution in [0.15, 0.2) is 53.1 Å². The van der Waals surface area contributed by atoms with E-state index in [2.05, 4.69) is 31.1 Å². The van der Waals surface area contributed by atoms with Crippen molar-refractivity contribution < 1.29 is 0 Å². The van der Waals surface area contributed by atoms with Gasteiger partial charge in [0.2, 0.25) is 0 Å². The highest BCUT2D eigenvalue weighted by atomic mass is 79.9. The predicted octanol–water partition coefficient (Wildman–Crippen LogP) is 3.48. The number of hydrogen-bond donors (Lipinski definition) is 2. The van der Waals surface area contributed by atoms with Crippen LogP contribution in [0.1, 0.15) is 0 Å². The predicted molar refractivity (Wildman–Crippen MR) is 79.4 cm³/mol. The molecule has 3 N–H and O–H groups in total. The van der Waals surface area contributed by atoms with E-state index >= 15 is 0 Å². The molecule has 5 heteroatoms. The Morgan fingerprint density at radius 2 is 1.84 bits per heavy atom. The SMILES string of the molecule is Nc1n[nH]c(-c2ccc(Br)cc2)c1-c1ccccn1. The summed E-state index contributed by atoms with van der Waals surface area (Å²) in [7, 11) is 0. The number of nitrogen functional groups attached to an aromatic ring is 1. The van der Waals surface area contributed by atoms with Crippen LogP contribution in [0.3, 0.4) is 0 Å². The molecule has 2 aromatic heterocycles. The van der Waals surface area contributed by atoms with Crippen LogP contribution in [-0.4, -0.2) is 15.2 Å². The number of pyridine rings is 1. The molecule has 1 aromatic carbocycles. The molecule has 0 fully saturated rings. The van der Waals surface area contributed by atoms with Crippen molar-refractivity contribution in [3.05, 3.63) is 53.1 Å². The van der Waals surface area contributed by atoms with Crippen LogP contribution in [0.2, 0.25) is 0 Å². The highest BCUT2D eigenvalue weighted by Gasteiger charge is 2.15. The number of anilines is 1. The zero-order chi connectivity index (χ0) is 13.2. The lowest BCUT2D eigenvalue weighted by atomic mass is 10.0. The molecule has 0 aliphatic rings. The zero-order valence-corrected chi connectivity index (χ0v) is 11.6. The van der Waals surface area contributed by atoms with Crippen molar-refractivity contribution >= 4 is 21.7 Å². The number of H-pyrrole nitrogens is 1. The van der Waals surface area contributed by atoms with Gasteiger partial charge in [-0.1, -0.05) is 34.1 Å². The van der Waals surface area contributed by atoms with Gasteiger partial charge in [0.15, 0.2) is 5.82 Å². The first kappa shape index (κ1) is 11.9. The van der Waals surface area contributed by atoms with E-state index < -0.39 is 0 Å². The first-order chi connectivity index (χ1) is 9.25. The molecule has 0 radical (unpaired) electrons. The third kappa shape index (κ3) is 2.24. The van der Waals surface area contributed by atoms with E-state index in [0.717, 1.165) is 27.0 Å². The number of nitrogens with zero attached hydrogens (tertiary/aromatic N) is 2. The van der Waals surface area contributed by atoms with Gasteiger partial charge in [-0.25, -0.2) is 0 Å². The molecule has 0 saturated carbocycles. The van der Waals surface area contributed by atoms with Crippen molar-refractivity contribution in [1.29, 1.82) is 0 Å². The fraction of sp³-hybridized carbons (Fsp3) is 0. The smallest absolute Gasteiger partial charge is 0.155 e. The van der Waals surface area contributed by atoms with Crippen LogP contribution < -0.4 is 5.73 Å². The van der Waals surface area contributed by atoms with Gasteiger partial charge in [0.05, 0.1) is 17.0 Å². The topological polar surface area (TPSA) is 67.6 Å². The lowest BCUT2D eigenvalue weighted by Gasteiger charge is -2.04. The Labute approximate surface area is 118 Å². The Bertz CT molecular complexity index is 689. The third-order valence-corrected chi connectivity index (χ3v) is 3.38. The van der Waals surface area contributed by atoms with Gasteiger partial charge < -0.3 is 5.73 Å². The van der Waals surface area contributed by atoms with Gasteiger partial charge >= 0.3 is 0 Å². The maximum absolute atomic E-state index is 5.95. The fourth-order valence-corrected chi connectivity index (χ4v) is 2.22. The van der Waals surface area contributed by atoms with Crippen LogP contribution in [0.5, 0.6) is 0 Å². The number of hydrogen-bond acceptors (Lipinski definition) is 3. The first-order valence-corrected chi connectivity index (χ1v) is 6.56. The molecular formula is C14H11BrN4. The van der Waals surface area contributed by atoms with Crippen LogP contribution in [0.4, 0.5) is 5.82 Å². The number of aromatic nitrogens is 3. The Morgan fingerprint density at radius 3 is 2.53 bits per heavy atom. The highest BCUT2D eigenvalue weighted by Crippen LogP contribution is 2.33. The maximum atomic E-state index is 5.95. The summed E-state index contributed by atoms with van der Waals surface area (Å²) in [5, 5.41) is 7.07. The van der Waals surface area contributed by atoms with Crippen molar-refractivity contribution in [2.75, 3.05) is 5.73 Å². The number of nitrogens with two attached hydrogens (primary N) is 1. The molecule has 0 unspecified atom stereocenters. The summed E-state index contributed by atoms with van der Waals surface area (Å²) < 4.78 is 1.03. The summed E-state index contributed by atoms with van der Waals surface area (Å²) in [6.07, 6.45) is 1.74. The van der Waals surface area contributed by atoms with Gasteiger partial charge in [-0.05, 0) is 24.3 Å². The standard InChI is InChI=1S/C14H11BrN4/c15-10-6-4-9(5-7-10)13-12(14(16)19-18-13)11-3-1-2-8-17-11/h1-8H,(H3,16,18,19). The van der Waals surface area contributed by atoms with Crippen LogP contribution in [0, 0.1) is 0 Å². The second-order valence-corrected chi connectivity index (χ2v) is 5.00. The fourth-order valence-electron chi connectivity index (χ4n) is 1.95. The van der Waals surface area contributed by atoms with Crippen molar-refractivity contribution in [3.8, 4) is 22.5 Å². The lowest BCUT2D eigenvalue weighted by molar-refractivity contribution is 1.10. The van der Waals surface area contributed by atoms with E-state index in [1.54, 1.807) is 6.20 Å². The van der Waals surface area contributed by atoms with Gasteiger partial charge in [0, 0.05) is 16.2 Å². The van der Waals surface area contributed by atoms with Crippen molar-refractivity contribution in [3.63, 3.8) is 0 Å². The summed E-state index contributed by atoms with van der Waals surface area (Å²) in [6.45, 7) is 0. The molecule has 0 saturated heterocycles. The second kappa shape index (κ2) is 4.85. The molecule has 0 atom stereocenters. The second-order valence-electron chi connectivity index (χ2n) is 4.08.